The van der Waals surface area contributed by atoms with Gasteiger partial charge in [0.15, 0.2) is 5.75 Å². The van der Waals surface area contributed by atoms with Gasteiger partial charge < -0.3 is 4.74 Å². The van der Waals surface area contributed by atoms with E-state index in [0.29, 0.717) is 16.7 Å². The average Bonchev–Trinajstić information content (AvgIpc) is 2.53. The normalized spacial score (nSPS) is 11.7. The molecule has 0 aliphatic carbocycles. The lowest BCUT2D eigenvalue weighted by molar-refractivity contribution is 0.466. The number of hydrogen-bond acceptors (Lipinski definition) is 6. The predicted molar refractivity (Wildman–Crippen MR) is 89.1 cm³/mol. The van der Waals surface area contributed by atoms with Crippen molar-refractivity contribution in [2.75, 3.05) is 6.26 Å². The fraction of sp³-hybridized carbons (Fsp3) is 0.188. The van der Waals surface area contributed by atoms with E-state index in [1.165, 1.54) is 42.1 Å². The number of halogens is 1. The number of hydrogen-bond donors (Lipinski definition) is 0. The molecule has 0 fully saturated rings. The Labute approximate surface area is 142 Å². The quantitative estimate of drug-likeness (QED) is 0.661. The molecule has 0 N–H and O–H groups in total. The van der Waals surface area contributed by atoms with Crippen molar-refractivity contribution in [3.05, 3.63) is 52.2 Å². The number of aryl methyl sites for hydroxylation is 2. The molecule has 25 heavy (non-hydrogen) atoms. The zero-order chi connectivity index (χ0) is 18.4. The summed E-state index contributed by atoms with van der Waals surface area (Å²) in [7, 11) is -2.14. The van der Waals surface area contributed by atoms with Crippen LogP contribution in [0.15, 0.2) is 40.4 Å². The fourth-order valence-electron chi connectivity index (χ4n) is 2.30. The van der Waals surface area contributed by atoms with Crippen LogP contribution in [0.2, 0.25) is 0 Å². The van der Waals surface area contributed by atoms with Crippen molar-refractivity contribution in [1.29, 1.82) is 0 Å². The summed E-state index contributed by atoms with van der Waals surface area (Å²) in [6.07, 6.45) is 2.30. The van der Waals surface area contributed by atoms with Gasteiger partial charge in [0, 0.05) is 24.9 Å². The van der Waals surface area contributed by atoms with Crippen LogP contribution in [0.5, 0.6) is 11.5 Å². The molecule has 0 radical (unpaired) electrons. The molecule has 0 atom stereocenters. The van der Waals surface area contributed by atoms with Crippen LogP contribution in [0.1, 0.15) is 5.56 Å². The zero-order valence-corrected chi connectivity index (χ0v) is 14.5. The van der Waals surface area contributed by atoms with Gasteiger partial charge in [0.25, 0.3) is 5.56 Å². The van der Waals surface area contributed by atoms with Gasteiger partial charge in [0.1, 0.15) is 17.2 Å². The summed E-state index contributed by atoms with van der Waals surface area (Å²) < 4.78 is 43.1. The summed E-state index contributed by atoms with van der Waals surface area (Å²) in [6, 6.07) is 5.38. The Bertz CT molecular complexity index is 1160. The topological polar surface area (TPSA) is 91.2 Å². The average molecular weight is 363 g/mol. The van der Waals surface area contributed by atoms with Crippen molar-refractivity contribution in [2.45, 2.75) is 12.1 Å². The van der Waals surface area contributed by atoms with Crippen LogP contribution in [-0.2, 0) is 16.9 Å². The van der Waals surface area contributed by atoms with Crippen LogP contribution < -0.4 is 10.3 Å². The number of benzene rings is 1. The zero-order valence-electron chi connectivity index (χ0n) is 13.6. The van der Waals surface area contributed by atoms with Crippen LogP contribution in [0.25, 0.3) is 11.0 Å². The second-order valence-electron chi connectivity index (χ2n) is 5.59. The Morgan fingerprint density at radius 3 is 2.56 bits per heavy atom. The lowest BCUT2D eigenvalue weighted by Crippen LogP contribution is -2.20. The number of ether oxygens (including phenoxy) is 1. The Kier molecular flexibility index (Phi) is 4.03. The van der Waals surface area contributed by atoms with Gasteiger partial charge in [-0.05, 0) is 36.8 Å². The second-order valence-corrected chi connectivity index (χ2v) is 7.50. The third-order valence-corrected chi connectivity index (χ3v) is 4.44. The summed E-state index contributed by atoms with van der Waals surface area (Å²) in [5, 5.41) is 0.0716. The van der Waals surface area contributed by atoms with Gasteiger partial charge >= 0.3 is 0 Å². The third-order valence-electron chi connectivity index (χ3n) is 3.58. The minimum absolute atomic E-state index is 0.000383. The molecule has 0 unspecified atom stereocenters. The number of pyridine rings is 1. The lowest BCUT2D eigenvalue weighted by atomic mass is 10.2. The molecule has 0 aliphatic rings. The van der Waals surface area contributed by atoms with Gasteiger partial charge in [-0.15, -0.1) is 0 Å². The molecule has 0 spiro atoms. The van der Waals surface area contributed by atoms with Crippen LogP contribution in [-0.4, -0.2) is 29.2 Å². The Balaban J connectivity index is 2.15. The van der Waals surface area contributed by atoms with Crippen molar-refractivity contribution < 1.29 is 17.5 Å². The van der Waals surface area contributed by atoms with Crippen molar-refractivity contribution in [1.82, 2.24) is 14.5 Å². The number of nitrogens with zero attached hydrogens (tertiary/aromatic N) is 3. The number of aromatic nitrogens is 3. The number of sulfone groups is 1. The summed E-state index contributed by atoms with van der Waals surface area (Å²) in [6.45, 7) is 1.66. The first-order valence-electron chi connectivity index (χ1n) is 7.17. The fourth-order valence-corrected chi connectivity index (χ4v) is 2.80. The molecule has 9 heteroatoms. The first kappa shape index (κ1) is 17.0. The van der Waals surface area contributed by atoms with Gasteiger partial charge in [-0.1, -0.05) is 0 Å². The molecule has 3 aromatic rings. The van der Waals surface area contributed by atoms with Crippen LogP contribution in [0.4, 0.5) is 4.39 Å². The molecule has 1 aromatic carbocycles. The number of rotatable bonds is 3. The van der Waals surface area contributed by atoms with Crippen molar-refractivity contribution in [3.8, 4) is 11.5 Å². The Morgan fingerprint density at radius 2 is 1.92 bits per heavy atom. The highest BCUT2D eigenvalue weighted by molar-refractivity contribution is 7.90. The third kappa shape index (κ3) is 3.22. The molecule has 0 amide bonds. The SMILES string of the molecule is Cc1cc(F)ccc1Oc1cc2cnc(S(C)(=O)=O)nc2n(C)c1=O. The van der Waals surface area contributed by atoms with E-state index in [0.717, 1.165) is 6.26 Å². The molecule has 130 valence electrons. The lowest BCUT2D eigenvalue weighted by Gasteiger charge is -2.11. The minimum atomic E-state index is -3.60. The van der Waals surface area contributed by atoms with Crippen molar-refractivity contribution in [2.24, 2.45) is 7.05 Å². The van der Waals surface area contributed by atoms with Gasteiger partial charge in [0.2, 0.25) is 15.0 Å². The smallest absolute Gasteiger partial charge is 0.294 e. The van der Waals surface area contributed by atoms with E-state index in [1.807, 2.05) is 0 Å². The molecule has 3 rings (SSSR count). The molecule has 2 heterocycles. The minimum Gasteiger partial charge on any atom is -0.451 e. The Morgan fingerprint density at radius 1 is 1.20 bits per heavy atom. The molecule has 7 nitrogen and oxygen atoms in total. The van der Waals surface area contributed by atoms with E-state index in [2.05, 4.69) is 9.97 Å². The van der Waals surface area contributed by atoms with E-state index in [-0.39, 0.29) is 16.6 Å². The van der Waals surface area contributed by atoms with Gasteiger partial charge in [0.05, 0.1) is 0 Å². The largest absolute Gasteiger partial charge is 0.451 e. The molecule has 0 aliphatic heterocycles. The molecule has 2 aromatic heterocycles. The van der Waals surface area contributed by atoms with Gasteiger partial charge in [-0.25, -0.2) is 17.8 Å². The number of fused-ring (bicyclic) bond motifs is 1. The maximum atomic E-state index is 13.2. The first-order chi connectivity index (χ1) is 11.7. The maximum Gasteiger partial charge on any atom is 0.294 e. The molecular formula is C16H14FN3O4S. The van der Waals surface area contributed by atoms with Crippen molar-refractivity contribution >= 4 is 20.9 Å². The van der Waals surface area contributed by atoms with Crippen molar-refractivity contribution in [3.63, 3.8) is 0 Å². The summed E-state index contributed by atoms with van der Waals surface area (Å²) >= 11 is 0. The molecule has 0 saturated heterocycles. The summed E-state index contributed by atoms with van der Waals surface area (Å²) in [4.78, 5) is 20.2. The van der Waals surface area contributed by atoms with Gasteiger partial charge in [-0.3, -0.25) is 9.36 Å². The molecular weight excluding hydrogens is 349 g/mol. The monoisotopic (exact) mass is 363 g/mol. The highest BCUT2D eigenvalue weighted by Crippen LogP contribution is 2.25. The maximum absolute atomic E-state index is 13.2. The van der Waals surface area contributed by atoms with E-state index < -0.39 is 21.2 Å². The standard InChI is InChI=1S/C16H14FN3O4S/c1-9-6-11(17)4-5-12(9)24-13-7-10-8-18-16(25(3,22)23)19-14(10)20(2)15(13)21/h4-8H,1-3H3. The van der Waals surface area contributed by atoms with Crippen LogP contribution in [0, 0.1) is 12.7 Å². The highest BCUT2D eigenvalue weighted by Gasteiger charge is 2.16. The van der Waals surface area contributed by atoms with E-state index >= 15 is 0 Å². The second kappa shape index (κ2) is 5.92. The summed E-state index contributed by atoms with van der Waals surface area (Å²) in [5.74, 6) is -0.0649. The highest BCUT2D eigenvalue weighted by atomic mass is 32.2. The molecule has 0 saturated carbocycles. The first-order valence-corrected chi connectivity index (χ1v) is 9.07. The predicted octanol–water partition coefficient (Wildman–Crippen LogP) is 1.97. The Hall–Kier alpha value is -2.81. The van der Waals surface area contributed by atoms with E-state index in [1.54, 1.807) is 6.92 Å². The van der Waals surface area contributed by atoms with E-state index in [9.17, 15) is 17.6 Å². The van der Waals surface area contributed by atoms with Crippen LogP contribution >= 0.6 is 0 Å². The van der Waals surface area contributed by atoms with Crippen LogP contribution in [0.3, 0.4) is 0 Å². The molecule has 0 bridgehead atoms. The van der Waals surface area contributed by atoms with E-state index in [4.69, 9.17) is 4.74 Å². The summed E-state index contributed by atoms with van der Waals surface area (Å²) in [5.41, 5.74) is 0.198. The van der Waals surface area contributed by atoms with Gasteiger partial charge in [-0.2, -0.15) is 4.98 Å².